The molecule has 0 saturated heterocycles. The van der Waals surface area contributed by atoms with E-state index in [0.717, 1.165) is 34.6 Å². The fraction of sp³-hybridized carbons (Fsp3) is 0.286. The summed E-state index contributed by atoms with van der Waals surface area (Å²) in [7, 11) is 0. The molecule has 0 aliphatic heterocycles. The summed E-state index contributed by atoms with van der Waals surface area (Å²) >= 11 is 1.62. The molecule has 1 atom stereocenters. The lowest BCUT2D eigenvalue weighted by Crippen LogP contribution is -2.18. The standard InChI is InChI=1S/C21H22N4S/c1-16-7-5-10-18(13-16)24-25-20(17-8-3-2-4-9-17)15-26-21(25)23-19-11-6-12-22-14-19/h2-4,6,8-9,11-12,14-16H,5,7,10,13H2,1H3. The first kappa shape index (κ1) is 16.9. The zero-order valence-corrected chi connectivity index (χ0v) is 15.7. The molecule has 1 unspecified atom stereocenters. The van der Waals surface area contributed by atoms with E-state index in [9.17, 15) is 0 Å². The summed E-state index contributed by atoms with van der Waals surface area (Å²) in [6.45, 7) is 2.31. The summed E-state index contributed by atoms with van der Waals surface area (Å²) in [6, 6.07) is 14.3. The molecule has 1 saturated carbocycles. The van der Waals surface area contributed by atoms with E-state index in [2.05, 4.69) is 41.6 Å². The van der Waals surface area contributed by atoms with Crippen LogP contribution >= 0.6 is 11.3 Å². The number of pyridine rings is 1. The Morgan fingerprint density at radius 2 is 2.04 bits per heavy atom. The van der Waals surface area contributed by atoms with Gasteiger partial charge < -0.3 is 0 Å². The molecule has 4 nitrogen and oxygen atoms in total. The third kappa shape index (κ3) is 3.83. The van der Waals surface area contributed by atoms with Crippen molar-refractivity contribution in [3.05, 3.63) is 65.0 Å². The zero-order valence-electron chi connectivity index (χ0n) is 14.9. The van der Waals surface area contributed by atoms with E-state index in [4.69, 9.17) is 10.1 Å². The summed E-state index contributed by atoms with van der Waals surface area (Å²) in [5.41, 5.74) is 4.36. The molecule has 4 rings (SSSR count). The van der Waals surface area contributed by atoms with Crippen LogP contribution in [-0.4, -0.2) is 15.4 Å². The predicted octanol–water partition coefficient (Wildman–Crippen LogP) is 5.26. The molecule has 0 bridgehead atoms. The van der Waals surface area contributed by atoms with Gasteiger partial charge in [-0.25, -0.2) is 9.67 Å². The van der Waals surface area contributed by atoms with E-state index in [1.165, 1.54) is 18.6 Å². The quantitative estimate of drug-likeness (QED) is 0.627. The normalized spacial score (nSPS) is 19.8. The van der Waals surface area contributed by atoms with Crippen molar-refractivity contribution in [1.29, 1.82) is 0 Å². The van der Waals surface area contributed by atoms with Gasteiger partial charge in [0.25, 0.3) is 0 Å². The van der Waals surface area contributed by atoms with Crippen LogP contribution in [0.3, 0.4) is 0 Å². The lowest BCUT2D eigenvalue weighted by atomic mass is 9.89. The number of hydrogen-bond donors (Lipinski definition) is 0. The Bertz CT molecular complexity index is 954. The van der Waals surface area contributed by atoms with Gasteiger partial charge in [-0.1, -0.05) is 37.3 Å². The first-order valence-electron chi connectivity index (χ1n) is 9.07. The van der Waals surface area contributed by atoms with Crippen molar-refractivity contribution in [1.82, 2.24) is 9.66 Å². The average Bonchev–Trinajstić information content (AvgIpc) is 3.06. The Hall–Kier alpha value is -2.53. The van der Waals surface area contributed by atoms with Crippen molar-refractivity contribution in [3.8, 4) is 11.3 Å². The lowest BCUT2D eigenvalue weighted by Gasteiger charge is -2.19. The fourth-order valence-electron chi connectivity index (χ4n) is 3.30. The third-order valence-electron chi connectivity index (χ3n) is 4.61. The number of rotatable bonds is 3. The van der Waals surface area contributed by atoms with Crippen molar-refractivity contribution in [2.24, 2.45) is 16.0 Å². The predicted molar refractivity (Wildman–Crippen MR) is 108 cm³/mol. The molecule has 1 aliphatic carbocycles. The SMILES string of the molecule is CC1CCCC(=Nn2c(-c3ccccc3)csc2=Nc2cccnc2)C1. The third-order valence-corrected chi connectivity index (χ3v) is 5.43. The minimum Gasteiger partial charge on any atom is -0.262 e. The minimum atomic E-state index is 0.709. The summed E-state index contributed by atoms with van der Waals surface area (Å²) in [5.74, 6) is 0.709. The Kier molecular flexibility index (Phi) is 5.07. The van der Waals surface area contributed by atoms with E-state index < -0.39 is 0 Å². The lowest BCUT2D eigenvalue weighted by molar-refractivity contribution is 0.497. The second kappa shape index (κ2) is 7.79. The molecular formula is C21H22N4S. The number of aromatic nitrogens is 2. The van der Waals surface area contributed by atoms with Gasteiger partial charge in [-0.15, -0.1) is 11.3 Å². The van der Waals surface area contributed by atoms with Crippen LogP contribution < -0.4 is 4.80 Å². The first-order chi connectivity index (χ1) is 12.8. The minimum absolute atomic E-state index is 0.709. The van der Waals surface area contributed by atoms with Crippen LogP contribution in [0.1, 0.15) is 32.6 Å². The number of nitrogens with zero attached hydrogens (tertiary/aromatic N) is 4. The monoisotopic (exact) mass is 362 g/mol. The second-order valence-electron chi connectivity index (χ2n) is 6.77. The Morgan fingerprint density at radius 1 is 1.15 bits per heavy atom. The number of benzene rings is 1. The Balaban J connectivity index is 1.84. The van der Waals surface area contributed by atoms with Crippen molar-refractivity contribution in [2.45, 2.75) is 32.6 Å². The van der Waals surface area contributed by atoms with E-state index >= 15 is 0 Å². The molecule has 3 aromatic rings. The van der Waals surface area contributed by atoms with Gasteiger partial charge in [-0.2, -0.15) is 5.10 Å². The van der Waals surface area contributed by atoms with Gasteiger partial charge in [0.15, 0.2) is 0 Å². The topological polar surface area (TPSA) is 42.5 Å². The summed E-state index contributed by atoms with van der Waals surface area (Å²) < 4.78 is 2.01. The molecule has 5 heteroatoms. The van der Waals surface area contributed by atoms with Gasteiger partial charge in [0.1, 0.15) is 0 Å². The summed E-state index contributed by atoms with van der Waals surface area (Å²) in [6.07, 6.45) is 8.21. The molecule has 26 heavy (non-hydrogen) atoms. The van der Waals surface area contributed by atoms with Gasteiger partial charge >= 0.3 is 0 Å². The highest BCUT2D eigenvalue weighted by atomic mass is 32.1. The van der Waals surface area contributed by atoms with Crippen LogP contribution in [0.25, 0.3) is 11.3 Å². The molecule has 1 fully saturated rings. The van der Waals surface area contributed by atoms with Gasteiger partial charge in [0.05, 0.1) is 17.6 Å². The number of hydrogen-bond acceptors (Lipinski definition) is 4. The molecule has 2 aromatic heterocycles. The van der Waals surface area contributed by atoms with Crippen LogP contribution in [0.5, 0.6) is 0 Å². The smallest absolute Gasteiger partial charge is 0.211 e. The van der Waals surface area contributed by atoms with Crippen molar-refractivity contribution in [3.63, 3.8) is 0 Å². The average molecular weight is 363 g/mol. The Labute approximate surface area is 157 Å². The highest BCUT2D eigenvalue weighted by Gasteiger charge is 2.16. The second-order valence-corrected chi connectivity index (χ2v) is 7.61. The van der Waals surface area contributed by atoms with E-state index in [1.54, 1.807) is 23.7 Å². The van der Waals surface area contributed by atoms with Gasteiger partial charge in [-0.05, 0) is 43.7 Å². The van der Waals surface area contributed by atoms with Crippen molar-refractivity contribution >= 4 is 22.7 Å². The van der Waals surface area contributed by atoms with Crippen molar-refractivity contribution < 1.29 is 0 Å². The molecule has 0 amide bonds. The fourth-order valence-corrected chi connectivity index (χ4v) is 4.15. The van der Waals surface area contributed by atoms with Crippen LogP contribution in [-0.2, 0) is 0 Å². The zero-order chi connectivity index (χ0) is 17.8. The largest absolute Gasteiger partial charge is 0.262 e. The Morgan fingerprint density at radius 3 is 2.81 bits per heavy atom. The number of thiazole rings is 1. The molecule has 1 aromatic carbocycles. The van der Waals surface area contributed by atoms with Gasteiger partial charge in [-0.3, -0.25) is 4.98 Å². The molecule has 0 radical (unpaired) electrons. The summed E-state index contributed by atoms with van der Waals surface area (Å²) in [4.78, 5) is 9.83. The van der Waals surface area contributed by atoms with E-state index in [-0.39, 0.29) is 0 Å². The molecule has 1 aliphatic rings. The maximum Gasteiger partial charge on any atom is 0.211 e. The van der Waals surface area contributed by atoms with Crippen LogP contribution in [0.4, 0.5) is 5.69 Å². The van der Waals surface area contributed by atoms with E-state index in [0.29, 0.717) is 5.92 Å². The summed E-state index contributed by atoms with van der Waals surface area (Å²) in [5, 5.41) is 7.17. The molecule has 0 spiro atoms. The molecule has 132 valence electrons. The van der Waals surface area contributed by atoms with Crippen LogP contribution in [0, 0.1) is 5.92 Å². The first-order valence-corrected chi connectivity index (χ1v) is 9.95. The van der Waals surface area contributed by atoms with Gasteiger partial charge in [0, 0.05) is 22.9 Å². The van der Waals surface area contributed by atoms with Crippen LogP contribution in [0.15, 0.2) is 70.3 Å². The van der Waals surface area contributed by atoms with Crippen LogP contribution in [0.2, 0.25) is 0 Å². The molecule has 0 N–H and O–H groups in total. The van der Waals surface area contributed by atoms with Crippen molar-refractivity contribution in [2.75, 3.05) is 0 Å². The maximum atomic E-state index is 5.03. The molecular weight excluding hydrogens is 340 g/mol. The van der Waals surface area contributed by atoms with Gasteiger partial charge in [0.2, 0.25) is 4.80 Å². The highest BCUT2D eigenvalue weighted by molar-refractivity contribution is 7.07. The molecule has 2 heterocycles. The highest BCUT2D eigenvalue weighted by Crippen LogP contribution is 2.24. The van der Waals surface area contributed by atoms with E-state index in [1.807, 2.05) is 22.9 Å². The maximum absolute atomic E-state index is 5.03.